The van der Waals surface area contributed by atoms with Crippen LogP contribution in [-0.2, 0) is 18.0 Å². The molecule has 5 aromatic rings. The normalized spacial score (nSPS) is 11.8. The maximum atomic E-state index is 13.3. The van der Waals surface area contributed by atoms with Gasteiger partial charge in [0.1, 0.15) is 36.3 Å². The molecule has 41 heavy (non-hydrogen) atoms. The number of amides is 1. The highest BCUT2D eigenvalue weighted by Gasteiger charge is 2.15. The highest BCUT2D eigenvalue weighted by molar-refractivity contribution is 6.02. The monoisotopic (exact) mass is 548 g/mol. The van der Waals surface area contributed by atoms with Crippen molar-refractivity contribution in [2.75, 3.05) is 0 Å². The zero-order chi connectivity index (χ0) is 28.4. The first-order chi connectivity index (χ1) is 20.0. The molecule has 206 valence electrons. The summed E-state index contributed by atoms with van der Waals surface area (Å²) in [6, 6.07) is 34.8. The number of carbonyl (C=O) groups is 1. The van der Waals surface area contributed by atoms with E-state index in [2.05, 4.69) is 10.5 Å². The lowest BCUT2D eigenvalue weighted by Gasteiger charge is -2.14. The van der Waals surface area contributed by atoms with Gasteiger partial charge in [0.25, 0.3) is 5.91 Å². The molecule has 0 aliphatic carbocycles. The molecule has 0 aliphatic heterocycles. The Morgan fingerprint density at radius 2 is 1.44 bits per heavy atom. The van der Waals surface area contributed by atoms with Crippen LogP contribution in [0.2, 0.25) is 0 Å². The van der Waals surface area contributed by atoms with Gasteiger partial charge in [0.2, 0.25) is 0 Å². The summed E-state index contributed by atoms with van der Waals surface area (Å²) in [7, 11) is 0. The number of nitrogens with zero attached hydrogens (tertiary/aromatic N) is 1. The fraction of sp³-hybridized carbons (Fsp3) is 0.118. The van der Waals surface area contributed by atoms with Crippen LogP contribution in [0.1, 0.15) is 23.6 Å². The highest BCUT2D eigenvalue weighted by atomic mass is 19.1. The minimum Gasteiger partial charge on any atom is -0.489 e. The molecule has 1 N–H and O–H groups in total. The molecule has 0 aliphatic rings. The second kappa shape index (κ2) is 13.3. The third-order valence-corrected chi connectivity index (χ3v) is 6.36. The van der Waals surface area contributed by atoms with E-state index in [9.17, 15) is 9.18 Å². The van der Waals surface area contributed by atoms with Gasteiger partial charge in [-0.1, -0.05) is 72.8 Å². The topological polar surface area (TPSA) is 69.2 Å². The van der Waals surface area contributed by atoms with E-state index >= 15 is 0 Å². The van der Waals surface area contributed by atoms with Gasteiger partial charge in [-0.05, 0) is 71.3 Å². The average Bonchev–Trinajstić information content (AvgIpc) is 3.01. The van der Waals surface area contributed by atoms with Gasteiger partial charge in [0.15, 0.2) is 6.10 Å². The van der Waals surface area contributed by atoms with Crippen LogP contribution in [0, 0.1) is 5.82 Å². The minimum atomic E-state index is -0.787. The molecule has 0 fully saturated rings. The maximum Gasteiger partial charge on any atom is 0.280 e. The maximum absolute atomic E-state index is 13.3. The van der Waals surface area contributed by atoms with Gasteiger partial charge in [-0.15, -0.1) is 0 Å². The number of carbonyl (C=O) groups excluding carboxylic acids is 1. The van der Waals surface area contributed by atoms with Crippen molar-refractivity contribution in [2.45, 2.75) is 26.2 Å². The Hall–Kier alpha value is -5.17. The van der Waals surface area contributed by atoms with Crippen LogP contribution in [-0.4, -0.2) is 18.2 Å². The molecule has 0 spiro atoms. The molecular weight excluding hydrogens is 519 g/mol. The zero-order valence-corrected chi connectivity index (χ0v) is 22.5. The second-order valence-corrected chi connectivity index (χ2v) is 9.35. The minimum absolute atomic E-state index is 0.257. The number of benzene rings is 5. The van der Waals surface area contributed by atoms with E-state index in [0.29, 0.717) is 29.4 Å². The third kappa shape index (κ3) is 7.48. The molecule has 1 unspecified atom stereocenters. The molecule has 1 atom stereocenters. The van der Waals surface area contributed by atoms with E-state index in [0.717, 1.165) is 21.9 Å². The van der Waals surface area contributed by atoms with Crippen molar-refractivity contribution in [3.63, 3.8) is 0 Å². The molecular formula is C34H29FN2O4. The number of halogens is 1. The number of hydrogen-bond donors (Lipinski definition) is 1. The first-order valence-electron chi connectivity index (χ1n) is 13.2. The number of rotatable bonds is 11. The summed E-state index contributed by atoms with van der Waals surface area (Å²) in [6.45, 7) is 2.38. The van der Waals surface area contributed by atoms with Crippen LogP contribution in [0.3, 0.4) is 0 Å². The van der Waals surface area contributed by atoms with E-state index < -0.39 is 12.0 Å². The van der Waals surface area contributed by atoms with Gasteiger partial charge in [0.05, 0.1) is 6.21 Å². The van der Waals surface area contributed by atoms with Gasteiger partial charge in [-0.2, -0.15) is 5.10 Å². The first-order valence-corrected chi connectivity index (χ1v) is 13.2. The Balaban J connectivity index is 1.20. The average molecular weight is 549 g/mol. The number of hydrazone groups is 1. The van der Waals surface area contributed by atoms with Crippen LogP contribution in [0.15, 0.2) is 120 Å². The lowest BCUT2D eigenvalue weighted by atomic mass is 10.0. The van der Waals surface area contributed by atoms with Gasteiger partial charge < -0.3 is 14.2 Å². The van der Waals surface area contributed by atoms with Gasteiger partial charge in [0, 0.05) is 5.56 Å². The Morgan fingerprint density at radius 1 is 0.780 bits per heavy atom. The van der Waals surface area contributed by atoms with Crippen molar-refractivity contribution in [1.82, 2.24) is 5.43 Å². The Bertz CT molecular complexity index is 1620. The Kier molecular flexibility index (Phi) is 8.86. The van der Waals surface area contributed by atoms with E-state index in [-0.39, 0.29) is 12.4 Å². The number of ether oxygens (including phenoxy) is 3. The molecule has 5 rings (SSSR count). The molecule has 6 nitrogen and oxygen atoms in total. The number of fused-ring (bicyclic) bond motifs is 1. The molecule has 7 heteroatoms. The molecule has 1 amide bonds. The van der Waals surface area contributed by atoms with Crippen molar-refractivity contribution in [3.05, 3.63) is 138 Å². The highest BCUT2D eigenvalue weighted by Crippen LogP contribution is 2.27. The van der Waals surface area contributed by atoms with Gasteiger partial charge >= 0.3 is 0 Å². The van der Waals surface area contributed by atoms with Crippen molar-refractivity contribution >= 4 is 22.9 Å². The standard InChI is InChI=1S/C34H29FN2O4/c1-24(41-30-18-16-29(17-19-30)39-22-25-7-3-2-4-8-25)34(38)37-36-21-32-31-10-6-5-9-27(31)13-20-33(32)40-23-26-11-14-28(35)15-12-26/h2-21,24H,22-23H2,1H3,(H,37,38)/b36-21+. The third-order valence-electron chi connectivity index (χ3n) is 6.36. The molecule has 0 saturated heterocycles. The predicted octanol–water partition coefficient (Wildman–Crippen LogP) is 7.05. The Labute approximate surface area is 238 Å². The largest absolute Gasteiger partial charge is 0.489 e. The fourth-order valence-electron chi connectivity index (χ4n) is 4.14. The SMILES string of the molecule is CC(Oc1ccc(OCc2ccccc2)cc1)C(=O)N/N=C/c1c(OCc2ccc(F)cc2)ccc2ccccc12. The van der Waals surface area contributed by atoms with Crippen LogP contribution < -0.4 is 19.6 Å². The van der Waals surface area contributed by atoms with E-state index in [4.69, 9.17) is 14.2 Å². The predicted molar refractivity (Wildman–Crippen MR) is 158 cm³/mol. The van der Waals surface area contributed by atoms with E-state index in [1.54, 1.807) is 49.5 Å². The summed E-state index contributed by atoms with van der Waals surface area (Å²) in [5.74, 6) is 1.13. The lowest BCUT2D eigenvalue weighted by Crippen LogP contribution is -2.33. The molecule has 0 heterocycles. The second-order valence-electron chi connectivity index (χ2n) is 9.35. The summed E-state index contributed by atoms with van der Waals surface area (Å²) >= 11 is 0. The van der Waals surface area contributed by atoms with Crippen molar-refractivity contribution in [2.24, 2.45) is 5.10 Å². The fourth-order valence-corrected chi connectivity index (χ4v) is 4.14. The molecule has 0 radical (unpaired) electrons. The molecule has 5 aromatic carbocycles. The van der Waals surface area contributed by atoms with Crippen molar-refractivity contribution < 1.29 is 23.4 Å². The molecule has 0 aromatic heterocycles. The van der Waals surface area contributed by atoms with Gasteiger partial charge in [-0.25, -0.2) is 9.82 Å². The quantitative estimate of drug-likeness (QED) is 0.142. The van der Waals surface area contributed by atoms with Crippen LogP contribution in [0.25, 0.3) is 10.8 Å². The Morgan fingerprint density at radius 3 is 2.22 bits per heavy atom. The van der Waals surface area contributed by atoms with Crippen LogP contribution >= 0.6 is 0 Å². The first kappa shape index (κ1) is 27.4. The summed E-state index contributed by atoms with van der Waals surface area (Å²) in [4.78, 5) is 12.7. The summed E-state index contributed by atoms with van der Waals surface area (Å²) < 4.78 is 30.9. The molecule has 0 bridgehead atoms. The van der Waals surface area contributed by atoms with E-state index in [1.165, 1.54) is 12.1 Å². The summed E-state index contributed by atoms with van der Waals surface area (Å²) in [5.41, 5.74) is 5.18. The van der Waals surface area contributed by atoms with Gasteiger partial charge in [-0.3, -0.25) is 4.79 Å². The number of hydrogen-bond acceptors (Lipinski definition) is 5. The van der Waals surface area contributed by atoms with E-state index in [1.807, 2.05) is 66.7 Å². The summed E-state index contributed by atoms with van der Waals surface area (Å²) in [6.07, 6.45) is 0.774. The van der Waals surface area contributed by atoms with Crippen molar-refractivity contribution in [3.8, 4) is 17.2 Å². The van der Waals surface area contributed by atoms with Crippen LogP contribution in [0.5, 0.6) is 17.2 Å². The lowest BCUT2D eigenvalue weighted by molar-refractivity contribution is -0.127. The summed E-state index contributed by atoms with van der Waals surface area (Å²) in [5, 5.41) is 6.11. The van der Waals surface area contributed by atoms with Crippen LogP contribution in [0.4, 0.5) is 4.39 Å². The smallest absolute Gasteiger partial charge is 0.280 e. The molecule has 0 saturated carbocycles. The van der Waals surface area contributed by atoms with Crippen molar-refractivity contribution in [1.29, 1.82) is 0 Å². The number of nitrogens with one attached hydrogen (secondary N) is 1. The zero-order valence-electron chi connectivity index (χ0n) is 22.5.